The lowest BCUT2D eigenvalue weighted by Gasteiger charge is -2.14. The van der Waals surface area contributed by atoms with E-state index >= 15 is 0 Å². The van der Waals surface area contributed by atoms with Gasteiger partial charge in [0.15, 0.2) is 0 Å². The summed E-state index contributed by atoms with van der Waals surface area (Å²) in [6.45, 7) is 7.18. The first-order chi connectivity index (χ1) is 15.7. The Morgan fingerprint density at radius 1 is 0.594 bits per heavy atom. The highest BCUT2D eigenvalue weighted by atomic mass is 16.6. The zero-order chi connectivity index (χ0) is 21.9. The molecule has 3 aromatic carbocycles. The zero-order valence-electron chi connectivity index (χ0n) is 18.7. The first kappa shape index (κ1) is 21.4. The molecule has 0 amide bonds. The van der Waals surface area contributed by atoms with Gasteiger partial charge in [-0.2, -0.15) is 0 Å². The van der Waals surface area contributed by atoms with Gasteiger partial charge in [-0.25, -0.2) is 0 Å². The van der Waals surface area contributed by atoms with Gasteiger partial charge < -0.3 is 18.9 Å². The number of hydrogen-bond acceptors (Lipinski definition) is 4. The summed E-state index contributed by atoms with van der Waals surface area (Å²) in [5, 5.41) is 0. The lowest BCUT2D eigenvalue weighted by Crippen LogP contribution is -2.06. The molecule has 2 heterocycles. The van der Waals surface area contributed by atoms with Gasteiger partial charge in [-0.05, 0) is 47.2 Å². The normalized spacial score (nSPS) is 21.2. The fraction of sp³-hybridized carbons (Fsp3) is 0.357. The molecule has 166 valence electrons. The van der Waals surface area contributed by atoms with E-state index in [0.29, 0.717) is 25.4 Å². The quantitative estimate of drug-likeness (QED) is 0.372. The van der Waals surface area contributed by atoms with Crippen molar-refractivity contribution in [3.63, 3.8) is 0 Å². The Kier molecular flexibility index (Phi) is 6.37. The van der Waals surface area contributed by atoms with Gasteiger partial charge in [0.2, 0.25) is 0 Å². The Labute approximate surface area is 190 Å². The van der Waals surface area contributed by atoms with Crippen molar-refractivity contribution < 1.29 is 18.9 Å². The lowest BCUT2D eigenvalue weighted by molar-refractivity contribution is 0.0539. The van der Waals surface area contributed by atoms with Crippen molar-refractivity contribution in [1.29, 1.82) is 0 Å². The van der Waals surface area contributed by atoms with E-state index in [2.05, 4.69) is 86.6 Å². The number of ether oxygens (including phenoxy) is 4. The maximum absolute atomic E-state index is 5.87. The molecule has 4 heteroatoms. The van der Waals surface area contributed by atoms with Crippen molar-refractivity contribution in [3.8, 4) is 22.3 Å². The highest BCUT2D eigenvalue weighted by molar-refractivity contribution is 5.70. The van der Waals surface area contributed by atoms with Crippen LogP contribution in [0.3, 0.4) is 0 Å². The minimum absolute atomic E-state index is 0.0776. The molecule has 3 aromatic rings. The molecule has 0 aliphatic carbocycles. The van der Waals surface area contributed by atoms with Crippen LogP contribution in [0.5, 0.6) is 0 Å². The summed E-state index contributed by atoms with van der Waals surface area (Å²) < 4.78 is 22.2. The molecular formula is C28H30O4. The molecule has 0 aromatic heterocycles. The average Bonchev–Trinajstić information content (AvgIpc) is 3.77. The van der Waals surface area contributed by atoms with E-state index in [4.69, 9.17) is 18.9 Å². The molecule has 0 spiro atoms. The van der Waals surface area contributed by atoms with Crippen LogP contribution in [-0.2, 0) is 18.9 Å². The molecule has 4 nitrogen and oxygen atoms in total. The smallest absolute Gasteiger partial charge is 0.104 e. The molecule has 4 unspecified atom stereocenters. The molecule has 2 aliphatic heterocycles. The first-order valence-electron chi connectivity index (χ1n) is 11.4. The van der Waals surface area contributed by atoms with Gasteiger partial charge in [-0.3, -0.25) is 0 Å². The van der Waals surface area contributed by atoms with Crippen LogP contribution in [0.25, 0.3) is 22.3 Å². The highest BCUT2D eigenvalue weighted by Gasteiger charge is 2.24. The molecule has 0 saturated carbocycles. The van der Waals surface area contributed by atoms with Crippen molar-refractivity contribution in [3.05, 3.63) is 83.9 Å². The Morgan fingerprint density at radius 3 is 1.16 bits per heavy atom. The van der Waals surface area contributed by atoms with Crippen LogP contribution in [0.1, 0.15) is 37.2 Å². The van der Waals surface area contributed by atoms with Gasteiger partial charge in [0.05, 0.1) is 38.6 Å². The molecule has 32 heavy (non-hydrogen) atoms. The van der Waals surface area contributed by atoms with Crippen molar-refractivity contribution in [2.24, 2.45) is 0 Å². The molecule has 2 aliphatic rings. The van der Waals surface area contributed by atoms with E-state index in [0.717, 1.165) is 13.2 Å². The standard InChI is InChI=1S/C28H30O4/c1-19(29-15-27-17-31-27)21-3-7-23(8-4-21)25-11-13-26(14-12-25)24-9-5-22(6-10-24)20(2)30-16-28-18-32-28/h3-14,19-20,27-28H,15-18H2,1-2H3. The fourth-order valence-electron chi connectivity index (χ4n) is 3.77. The van der Waals surface area contributed by atoms with Crippen LogP contribution in [0.4, 0.5) is 0 Å². The van der Waals surface area contributed by atoms with Crippen LogP contribution in [-0.4, -0.2) is 38.6 Å². The van der Waals surface area contributed by atoms with Gasteiger partial charge in [0.1, 0.15) is 12.2 Å². The maximum Gasteiger partial charge on any atom is 0.104 e. The Hall–Kier alpha value is -2.50. The van der Waals surface area contributed by atoms with Crippen LogP contribution < -0.4 is 0 Å². The molecule has 2 fully saturated rings. The summed E-state index contributed by atoms with van der Waals surface area (Å²) in [6, 6.07) is 26.0. The van der Waals surface area contributed by atoms with E-state index in [9.17, 15) is 0 Å². The predicted octanol–water partition coefficient (Wildman–Crippen LogP) is 5.97. The number of benzene rings is 3. The van der Waals surface area contributed by atoms with Gasteiger partial charge in [-0.1, -0.05) is 72.8 Å². The van der Waals surface area contributed by atoms with E-state index in [-0.39, 0.29) is 12.2 Å². The second-order valence-electron chi connectivity index (χ2n) is 8.68. The summed E-state index contributed by atoms with van der Waals surface area (Å²) in [4.78, 5) is 0. The SMILES string of the molecule is CC(OCC1CO1)c1ccc(-c2ccc(-c3ccc(C(C)OCC4CO4)cc3)cc2)cc1. The first-order valence-corrected chi connectivity index (χ1v) is 11.4. The second kappa shape index (κ2) is 9.55. The van der Waals surface area contributed by atoms with Gasteiger partial charge in [0, 0.05) is 0 Å². The third kappa shape index (κ3) is 5.45. The Balaban J connectivity index is 1.20. The summed E-state index contributed by atoms with van der Waals surface area (Å²) in [6.07, 6.45) is 0.749. The topological polar surface area (TPSA) is 43.5 Å². The predicted molar refractivity (Wildman–Crippen MR) is 126 cm³/mol. The summed E-state index contributed by atoms with van der Waals surface area (Å²) in [5.74, 6) is 0. The number of epoxide rings is 2. The van der Waals surface area contributed by atoms with Crippen molar-refractivity contribution >= 4 is 0 Å². The maximum atomic E-state index is 5.87. The summed E-state index contributed by atoms with van der Waals surface area (Å²) >= 11 is 0. The van der Waals surface area contributed by atoms with Crippen molar-refractivity contribution in [1.82, 2.24) is 0 Å². The molecule has 4 atom stereocenters. The minimum Gasteiger partial charge on any atom is -0.371 e. The molecule has 0 N–H and O–H groups in total. The largest absolute Gasteiger partial charge is 0.371 e. The Bertz CT molecular complexity index is 918. The summed E-state index contributed by atoms with van der Waals surface area (Å²) in [7, 11) is 0. The minimum atomic E-state index is 0.0776. The van der Waals surface area contributed by atoms with Crippen LogP contribution in [0.2, 0.25) is 0 Å². The van der Waals surface area contributed by atoms with E-state index in [1.807, 2.05) is 0 Å². The van der Waals surface area contributed by atoms with E-state index in [1.54, 1.807) is 0 Å². The monoisotopic (exact) mass is 430 g/mol. The van der Waals surface area contributed by atoms with E-state index in [1.165, 1.54) is 33.4 Å². The van der Waals surface area contributed by atoms with Crippen LogP contribution >= 0.6 is 0 Å². The van der Waals surface area contributed by atoms with E-state index < -0.39 is 0 Å². The number of rotatable bonds is 10. The third-order valence-corrected chi connectivity index (χ3v) is 6.18. The van der Waals surface area contributed by atoms with Crippen molar-refractivity contribution in [2.75, 3.05) is 26.4 Å². The fourth-order valence-corrected chi connectivity index (χ4v) is 3.77. The van der Waals surface area contributed by atoms with Crippen LogP contribution in [0.15, 0.2) is 72.8 Å². The number of hydrogen-bond donors (Lipinski definition) is 0. The van der Waals surface area contributed by atoms with Gasteiger partial charge >= 0.3 is 0 Å². The second-order valence-corrected chi connectivity index (χ2v) is 8.68. The third-order valence-electron chi connectivity index (χ3n) is 6.18. The van der Waals surface area contributed by atoms with Crippen molar-refractivity contribution in [2.45, 2.75) is 38.3 Å². The van der Waals surface area contributed by atoms with Crippen LogP contribution in [0, 0.1) is 0 Å². The van der Waals surface area contributed by atoms with Gasteiger partial charge in [0.25, 0.3) is 0 Å². The summed E-state index contributed by atoms with van der Waals surface area (Å²) in [5.41, 5.74) is 7.21. The molecule has 2 saturated heterocycles. The zero-order valence-corrected chi connectivity index (χ0v) is 18.7. The van der Waals surface area contributed by atoms with Gasteiger partial charge in [-0.15, -0.1) is 0 Å². The average molecular weight is 431 g/mol. The highest BCUT2D eigenvalue weighted by Crippen LogP contribution is 2.28. The molecular weight excluding hydrogens is 400 g/mol. The molecule has 0 radical (unpaired) electrons. The molecule has 5 rings (SSSR count). The Morgan fingerprint density at radius 2 is 0.875 bits per heavy atom. The lowest BCUT2D eigenvalue weighted by atomic mass is 9.98. The molecule has 0 bridgehead atoms.